The van der Waals surface area contributed by atoms with Crippen molar-refractivity contribution < 1.29 is 24.5 Å². The van der Waals surface area contributed by atoms with Crippen LogP contribution in [0, 0.1) is 0 Å². The molecule has 6 nitrogen and oxygen atoms in total. The fraction of sp³-hybridized carbons (Fsp3) is 0.821. The number of hydrogen-bond donors (Lipinski definition) is 3. The molecule has 0 saturated carbocycles. The van der Waals surface area contributed by atoms with Gasteiger partial charge in [0.1, 0.15) is 0 Å². The van der Waals surface area contributed by atoms with Crippen molar-refractivity contribution in [2.75, 3.05) is 13.2 Å². The van der Waals surface area contributed by atoms with Crippen molar-refractivity contribution in [3.8, 4) is 0 Å². The van der Waals surface area contributed by atoms with Crippen molar-refractivity contribution in [3.05, 3.63) is 60.8 Å². The van der Waals surface area contributed by atoms with E-state index in [0.717, 1.165) is 57.8 Å². The van der Waals surface area contributed by atoms with Crippen molar-refractivity contribution in [1.82, 2.24) is 5.32 Å². The number of nitrogens with one attached hydrogen (secondary N) is 1. The van der Waals surface area contributed by atoms with Crippen LogP contribution in [0.2, 0.25) is 0 Å². The van der Waals surface area contributed by atoms with Crippen molar-refractivity contribution in [1.29, 1.82) is 0 Å². The summed E-state index contributed by atoms with van der Waals surface area (Å²) in [6.45, 7) is 4.87. The standard InChI is InChI=1S/C67H123NO5/c1-3-5-7-9-11-13-15-17-19-29-33-37-41-45-49-53-57-61-67(72)73-62-58-54-50-46-42-38-34-31-28-26-24-22-20-21-23-25-27-30-32-36-40-44-48-52-56-60-66(71)68-64(63-69)65(70)59-55-51-47-43-39-35-18-16-14-12-10-8-6-4-2/h11,13,17,19,21-24,55,59,64-65,69-70H,3-10,12,14-16,18,20,25-54,56-58,60-63H2,1-2H3,(H,68,71)/b13-11-,19-17-,23-21-,24-22-,59-55+. The molecular weight excluding hydrogens is 899 g/mol. The second-order valence-electron chi connectivity index (χ2n) is 21.7. The Morgan fingerprint density at radius 3 is 1.07 bits per heavy atom. The summed E-state index contributed by atoms with van der Waals surface area (Å²) in [5, 5.41) is 23.1. The normalized spacial score (nSPS) is 13.0. The van der Waals surface area contributed by atoms with E-state index in [4.69, 9.17) is 4.74 Å². The van der Waals surface area contributed by atoms with Gasteiger partial charge in [-0.15, -0.1) is 0 Å². The molecule has 1 amide bonds. The highest BCUT2D eigenvalue weighted by Gasteiger charge is 2.18. The van der Waals surface area contributed by atoms with E-state index in [2.05, 4.69) is 67.8 Å². The van der Waals surface area contributed by atoms with Crippen LogP contribution in [-0.2, 0) is 14.3 Å². The van der Waals surface area contributed by atoms with Crippen molar-refractivity contribution in [3.63, 3.8) is 0 Å². The summed E-state index contributed by atoms with van der Waals surface area (Å²) < 4.78 is 5.49. The minimum Gasteiger partial charge on any atom is -0.466 e. The van der Waals surface area contributed by atoms with Gasteiger partial charge >= 0.3 is 5.97 Å². The Kier molecular flexibility index (Phi) is 60.0. The molecule has 0 aliphatic carbocycles. The van der Waals surface area contributed by atoms with Gasteiger partial charge < -0.3 is 20.3 Å². The molecule has 3 N–H and O–H groups in total. The molecule has 73 heavy (non-hydrogen) atoms. The number of carbonyl (C=O) groups is 2. The third-order valence-corrected chi connectivity index (χ3v) is 14.5. The second kappa shape index (κ2) is 62.1. The number of hydrogen-bond acceptors (Lipinski definition) is 5. The Bertz CT molecular complexity index is 1270. The van der Waals surface area contributed by atoms with Crippen LogP contribution in [0.15, 0.2) is 60.8 Å². The molecule has 0 radical (unpaired) electrons. The van der Waals surface area contributed by atoms with Crippen LogP contribution in [0.25, 0.3) is 0 Å². The quantitative estimate of drug-likeness (QED) is 0.0320. The molecule has 0 saturated heterocycles. The molecule has 0 aliphatic rings. The smallest absolute Gasteiger partial charge is 0.305 e. The number of aliphatic hydroxyl groups excluding tert-OH is 2. The summed E-state index contributed by atoms with van der Waals surface area (Å²) in [5.41, 5.74) is 0. The number of allylic oxidation sites excluding steroid dienone is 9. The number of amides is 1. The number of rotatable bonds is 59. The van der Waals surface area contributed by atoms with Crippen LogP contribution in [0.1, 0.15) is 328 Å². The SMILES string of the molecule is CCCCC/C=C\C/C=C\CCCCCCCCCC(=O)OCCCCCCCCCCC/C=C\C/C=C\CCCCCCCCCCCC(=O)NC(CO)C(O)/C=C/CCCCCCCCCCCCCC. The Morgan fingerprint density at radius 2 is 0.685 bits per heavy atom. The van der Waals surface area contributed by atoms with Crippen molar-refractivity contribution in [2.24, 2.45) is 0 Å². The largest absolute Gasteiger partial charge is 0.466 e. The molecule has 0 bridgehead atoms. The van der Waals surface area contributed by atoms with Crippen LogP contribution < -0.4 is 5.32 Å². The summed E-state index contributed by atoms with van der Waals surface area (Å²) in [4.78, 5) is 24.5. The Morgan fingerprint density at radius 1 is 0.384 bits per heavy atom. The first kappa shape index (κ1) is 70.6. The third-order valence-electron chi connectivity index (χ3n) is 14.5. The van der Waals surface area contributed by atoms with E-state index in [-0.39, 0.29) is 18.5 Å². The van der Waals surface area contributed by atoms with Gasteiger partial charge in [0.25, 0.3) is 0 Å². The average molecular weight is 1020 g/mol. The van der Waals surface area contributed by atoms with E-state index in [1.165, 1.54) is 244 Å². The van der Waals surface area contributed by atoms with Gasteiger partial charge in [-0.3, -0.25) is 9.59 Å². The lowest BCUT2D eigenvalue weighted by atomic mass is 10.0. The lowest BCUT2D eigenvalue weighted by molar-refractivity contribution is -0.143. The number of unbranched alkanes of at least 4 members (excludes halogenated alkanes) is 40. The molecule has 426 valence electrons. The molecule has 0 fully saturated rings. The summed E-state index contributed by atoms with van der Waals surface area (Å²) >= 11 is 0. The van der Waals surface area contributed by atoms with Crippen molar-refractivity contribution in [2.45, 2.75) is 341 Å². The minimum atomic E-state index is -0.849. The summed E-state index contributed by atoms with van der Waals surface area (Å²) in [5.74, 6) is -0.0740. The molecule has 0 spiro atoms. The lowest BCUT2D eigenvalue weighted by Crippen LogP contribution is -2.45. The maximum absolute atomic E-state index is 12.5. The van der Waals surface area contributed by atoms with Crippen LogP contribution >= 0.6 is 0 Å². The van der Waals surface area contributed by atoms with Gasteiger partial charge in [0.2, 0.25) is 5.91 Å². The predicted octanol–water partition coefficient (Wildman–Crippen LogP) is 20.3. The van der Waals surface area contributed by atoms with Crippen molar-refractivity contribution >= 4 is 11.9 Å². The molecule has 0 heterocycles. The van der Waals surface area contributed by atoms with Gasteiger partial charge in [0, 0.05) is 12.8 Å². The first-order valence-electron chi connectivity index (χ1n) is 32.1. The molecule has 0 aromatic carbocycles. The summed E-state index contributed by atoms with van der Waals surface area (Å²) in [6.07, 6.45) is 81.2. The molecule has 0 aromatic rings. The van der Waals surface area contributed by atoms with Gasteiger partial charge in [-0.25, -0.2) is 0 Å². The monoisotopic (exact) mass is 1020 g/mol. The van der Waals surface area contributed by atoms with E-state index in [9.17, 15) is 19.8 Å². The van der Waals surface area contributed by atoms with E-state index in [1.807, 2.05) is 6.08 Å². The zero-order chi connectivity index (χ0) is 52.9. The highest BCUT2D eigenvalue weighted by Crippen LogP contribution is 2.16. The van der Waals surface area contributed by atoms with Crippen LogP contribution in [-0.4, -0.2) is 47.4 Å². The third kappa shape index (κ3) is 58.7. The topological polar surface area (TPSA) is 95.9 Å². The maximum atomic E-state index is 12.5. The van der Waals surface area contributed by atoms with Gasteiger partial charge in [-0.1, -0.05) is 280 Å². The van der Waals surface area contributed by atoms with Gasteiger partial charge in [-0.2, -0.15) is 0 Å². The molecule has 2 unspecified atom stereocenters. The van der Waals surface area contributed by atoms with E-state index in [0.29, 0.717) is 19.4 Å². The van der Waals surface area contributed by atoms with E-state index < -0.39 is 12.1 Å². The van der Waals surface area contributed by atoms with Gasteiger partial charge in [0.05, 0.1) is 25.4 Å². The Balaban J connectivity index is 3.45. The fourth-order valence-corrected chi connectivity index (χ4v) is 9.58. The number of carbonyl (C=O) groups excluding carboxylic acids is 2. The van der Waals surface area contributed by atoms with Crippen LogP contribution in [0.4, 0.5) is 0 Å². The molecule has 2 atom stereocenters. The highest BCUT2D eigenvalue weighted by molar-refractivity contribution is 5.76. The molecule has 0 rings (SSSR count). The zero-order valence-electron chi connectivity index (χ0n) is 48.6. The number of aliphatic hydroxyl groups is 2. The highest BCUT2D eigenvalue weighted by atomic mass is 16.5. The summed E-state index contributed by atoms with van der Waals surface area (Å²) in [7, 11) is 0. The van der Waals surface area contributed by atoms with E-state index in [1.54, 1.807) is 6.08 Å². The summed E-state index contributed by atoms with van der Waals surface area (Å²) in [6, 6.07) is -0.633. The zero-order valence-corrected chi connectivity index (χ0v) is 48.6. The van der Waals surface area contributed by atoms with Gasteiger partial charge in [-0.05, 0) is 96.3 Å². The first-order valence-corrected chi connectivity index (χ1v) is 32.1. The minimum absolute atomic E-state index is 0.000289. The van der Waals surface area contributed by atoms with Gasteiger partial charge in [0.15, 0.2) is 0 Å². The molecule has 6 heteroatoms. The average Bonchev–Trinajstić information content (AvgIpc) is 3.39. The van der Waals surface area contributed by atoms with Crippen LogP contribution in [0.5, 0.6) is 0 Å². The van der Waals surface area contributed by atoms with Crippen LogP contribution in [0.3, 0.4) is 0 Å². The number of ether oxygens (including phenoxy) is 1. The Labute approximate surface area is 454 Å². The second-order valence-corrected chi connectivity index (χ2v) is 21.7. The molecule has 0 aromatic heterocycles. The van der Waals surface area contributed by atoms with E-state index >= 15 is 0 Å². The fourth-order valence-electron chi connectivity index (χ4n) is 9.58. The molecular formula is C67H123NO5. The maximum Gasteiger partial charge on any atom is 0.305 e. The Hall–Kier alpha value is -2.44. The molecule has 0 aliphatic heterocycles. The lowest BCUT2D eigenvalue weighted by Gasteiger charge is -2.20. The predicted molar refractivity (Wildman–Crippen MR) is 319 cm³/mol. The first-order chi connectivity index (χ1) is 36.0. The number of esters is 1.